The van der Waals surface area contributed by atoms with Crippen LogP contribution in [-0.4, -0.2) is 48.9 Å². The number of nitrogens with one attached hydrogen (secondary N) is 1. The van der Waals surface area contributed by atoms with Crippen LogP contribution in [0.4, 0.5) is 0 Å². The molecule has 3 rings (SSSR count). The number of methoxy groups -OCH3 is 2. The zero-order chi connectivity index (χ0) is 34.2. The minimum Gasteiger partial charge on any atom is -0.504 e. The van der Waals surface area contributed by atoms with Crippen molar-refractivity contribution in [2.24, 2.45) is 5.92 Å². The van der Waals surface area contributed by atoms with Gasteiger partial charge in [-0.2, -0.15) is 0 Å². The summed E-state index contributed by atoms with van der Waals surface area (Å²) in [5.41, 5.74) is 4.63. The number of phenolic OH excluding ortho intramolecular Hbond substituents is 1. The van der Waals surface area contributed by atoms with Gasteiger partial charge in [-0.25, -0.2) is 4.79 Å². The summed E-state index contributed by atoms with van der Waals surface area (Å²) in [5, 5.41) is 9.70. The van der Waals surface area contributed by atoms with Crippen LogP contribution >= 0.6 is 0 Å². The molecule has 2 N–H and O–H groups in total. The van der Waals surface area contributed by atoms with Crippen LogP contribution in [0.1, 0.15) is 56.2 Å². The molecule has 0 aromatic heterocycles. The van der Waals surface area contributed by atoms with Crippen LogP contribution in [0, 0.1) is 5.92 Å². The third kappa shape index (κ3) is 12.6. The van der Waals surface area contributed by atoms with E-state index < -0.39 is 29.5 Å². The normalized spacial score (nSPS) is 11.9. The summed E-state index contributed by atoms with van der Waals surface area (Å²) in [6.45, 7) is 4.16. The highest BCUT2D eigenvalue weighted by Gasteiger charge is 2.24. The fourth-order valence-corrected chi connectivity index (χ4v) is 4.38. The zero-order valence-electron chi connectivity index (χ0n) is 27.1. The number of hydrogen-bond acceptors (Lipinski definition) is 10. The highest BCUT2D eigenvalue weighted by molar-refractivity contribution is 6.10. The predicted octanol–water partition coefficient (Wildman–Crippen LogP) is 6.06. The lowest BCUT2D eigenvalue weighted by Gasteiger charge is -2.18. The first-order valence-corrected chi connectivity index (χ1v) is 15.3. The van der Waals surface area contributed by atoms with E-state index in [1.54, 1.807) is 24.3 Å². The first-order valence-electron chi connectivity index (χ1n) is 15.3. The number of ketones is 2. The number of allylic oxidation sites excluding steroid dienone is 2. The van der Waals surface area contributed by atoms with E-state index in [9.17, 15) is 24.3 Å². The van der Waals surface area contributed by atoms with Gasteiger partial charge in [-0.15, -0.1) is 5.48 Å². The molecule has 0 heterocycles. The summed E-state index contributed by atoms with van der Waals surface area (Å²) in [7, 11) is 2.84. The van der Waals surface area contributed by atoms with Crippen molar-refractivity contribution in [3.8, 4) is 23.0 Å². The van der Waals surface area contributed by atoms with E-state index in [1.807, 2.05) is 30.3 Å². The molecule has 3 aromatic rings. The van der Waals surface area contributed by atoms with Gasteiger partial charge in [0.1, 0.15) is 6.04 Å². The highest BCUT2D eigenvalue weighted by atomic mass is 16.7. The van der Waals surface area contributed by atoms with E-state index in [-0.39, 0.29) is 42.3 Å². The fraction of sp³-hybridized carbons (Fsp3) is 0.297. The molecule has 0 aliphatic carbocycles. The Balaban J connectivity index is 1.62. The average molecular weight is 644 g/mol. The molecule has 0 saturated heterocycles. The largest absolute Gasteiger partial charge is 0.504 e. The van der Waals surface area contributed by atoms with Crippen LogP contribution in [0.3, 0.4) is 0 Å². The number of carbonyl (C=O) groups is 4. The van der Waals surface area contributed by atoms with E-state index in [1.165, 1.54) is 50.7 Å². The van der Waals surface area contributed by atoms with Crippen LogP contribution in [0.5, 0.6) is 23.0 Å². The Hall–Kier alpha value is -5.22. The molecule has 0 fully saturated rings. The number of rotatable bonds is 18. The molecule has 248 valence electrons. The highest BCUT2D eigenvalue weighted by Crippen LogP contribution is 2.29. The molecule has 1 unspecified atom stereocenters. The lowest BCUT2D eigenvalue weighted by Crippen LogP contribution is -2.42. The van der Waals surface area contributed by atoms with Gasteiger partial charge in [0.15, 0.2) is 34.6 Å². The third-order valence-corrected chi connectivity index (χ3v) is 6.92. The molecule has 0 radical (unpaired) electrons. The van der Waals surface area contributed by atoms with E-state index in [4.69, 9.17) is 19.0 Å². The standard InChI is InChI=1S/C37H41NO9/c1-25(2)9-8-12-36(42)47-38-31(21-26-10-6-5-7-11-26)37(43)46-33-20-16-28(23-35(33)45-4)14-18-30(40)24-29(39)17-13-27-15-19-32(41)34(22-27)44-3/h5-7,10-11,13-20,22-23,25,31,38,41H,8-9,12,21,24H2,1-4H3/b17-13+,18-14+. The lowest BCUT2D eigenvalue weighted by atomic mass is 10.1. The Labute approximate surface area is 274 Å². The predicted molar refractivity (Wildman–Crippen MR) is 178 cm³/mol. The first-order chi connectivity index (χ1) is 22.6. The molecule has 3 aromatic carbocycles. The van der Waals surface area contributed by atoms with Gasteiger partial charge >= 0.3 is 11.9 Å². The minimum atomic E-state index is -0.990. The van der Waals surface area contributed by atoms with Gasteiger partial charge < -0.3 is 24.2 Å². The molecule has 0 saturated carbocycles. The molecule has 1 atom stereocenters. The second-order valence-electron chi connectivity index (χ2n) is 11.2. The molecule has 47 heavy (non-hydrogen) atoms. The molecule has 0 amide bonds. The van der Waals surface area contributed by atoms with Crippen molar-refractivity contribution in [1.82, 2.24) is 5.48 Å². The number of esters is 1. The monoisotopic (exact) mass is 643 g/mol. The van der Waals surface area contributed by atoms with Gasteiger partial charge in [-0.1, -0.05) is 74.9 Å². The van der Waals surface area contributed by atoms with Crippen molar-refractivity contribution >= 4 is 35.7 Å². The van der Waals surface area contributed by atoms with Crippen molar-refractivity contribution in [1.29, 1.82) is 0 Å². The molecule has 10 heteroatoms. The number of hydrogen-bond donors (Lipinski definition) is 2. The molecule has 0 bridgehead atoms. The molecular formula is C37H41NO9. The summed E-state index contributed by atoms with van der Waals surface area (Å²) >= 11 is 0. The smallest absolute Gasteiger partial charge is 0.332 e. The number of hydroxylamine groups is 1. The molecule has 10 nitrogen and oxygen atoms in total. The minimum absolute atomic E-state index is 0.0195. The maximum absolute atomic E-state index is 13.2. The van der Waals surface area contributed by atoms with E-state index in [0.29, 0.717) is 23.5 Å². The van der Waals surface area contributed by atoms with Gasteiger partial charge in [-0.3, -0.25) is 14.4 Å². The van der Waals surface area contributed by atoms with Gasteiger partial charge in [0.2, 0.25) is 0 Å². The topological polar surface area (TPSA) is 137 Å². The van der Waals surface area contributed by atoms with Gasteiger partial charge in [0, 0.05) is 12.8 Å². The summed E-state index contributed by atoms with van der Waals surface area (Å²) < 4.78 is 16.1. The summed E-state index contributed by atoms with van der Waals surface area (Å²) in [5.74, 6) is -0.864. The lowest BCUT2D eigenvalue weighted by molar-refractivity contribution is -0.157. The SMILES string of the molecule is COc1cc(/C=C/C(=O)CC(=O)/C=C/c2ccc(OC(=O)C(Cc3ccccc3)NOC(=O)CCCC(C)C)c(OC)c2)ccc1O. The van der Waals surface area contributed by atoms with E-state index in [2.05, 4.69) is 19.3 Å². The molecule has 0 aliphatic rings. The second kappa shape index (κ2) is 18.7. The van der Waals surface area contributed by atoms with Gasteiger partial charge in [-0.05, 0) is 65.4 Å². The number of phenols is 1. The Morgan fingerprint density at radius 1 is 0.809 bits per heavy atom. The molecule has 0 aliphatic heterocycles. The van der Waals surface area contributed by atoms with Crippen molar-refractivity contribution in [2.75, 3.05) is 14.2 Å². The maximum Gasteiger partial charge on any atom is 0.332 e. The number of benzene rings is 3. The van der Waals surface area contributed by atoms with Crippen molar-refractivity contribution in [2.45, 2.75) is 52.0 Å². The maximum atomic E-state index is 13.2. The summed E-state index contributed by atoms with van der Waals surface area (Å²) in [4.78, 5) is 55.5. The van der Waals surface area contributed by atoms with E-state index in [0.717, 1.165) is 12.0 Å². The summed E-state index contributed by atoms with van der Waals surface area (Å²) in [6, 6.07) is 17.6. The van der Waals surface area contributed by atoms with Crippen LogP contribution in [0.15, 0.2) is 78.9 Å². The Bertz CT molecular complexity index is 1580. The summed E-state index contributed by atoms with van der Waals surface area (Å²) in [6.07, 6.45) is 7.29. The molecular weight excluding hydrogens is 602 g/mol. The first kappa shape index (κ1) is 36.3. The quantitative estimate of drug-likeness (QED) is 0.0554. The number of aromatic hydroxyl groups is 1. The van der Waals surface area contributed by atoms with Crippen molar-refractivity contribution in [3.63, 3.8) is 0 Å². The zero-order valence-corrected chi connectivity index (χ0v) is 27.1. The number of ether oxygens (including phenoxy) is 3. The Morgan fingerprint density at radius 3 is 2.04 bits per heavy atom. The van der Waals surface area contributed by atoms with Crippen molar-refractivity contribution < 1.29 is 43.3 Å². The molecule has 0 spiro atoms. The third-order valence-electron chi connectivity index (χ3n) is 6.92. The number of carbonyl (C=O) groups excluding carboxylic acids is 4. The van der Waals surface area contributed by atoms with Crippen LogP contribution in [-0.2, 0) is 30.4 Å². The van der Waals surface area contributed by atoms with Gasteiger partial charge in [0.05, 0.1) is 20.6 Å². The Morgan fingerprint density at radius 2 is 1.43 bits per heavy atom. The second-order valence-corrected chi connectivity index (χ2v) is 11.2. The fourth-order valence-electron chi connectivity index (χ4n) is 4.38. The van der Waals surface area contributed by atoms with E-state index >= 15 is 0 Å². The Kier molecular flexibility index (Phi) is 14.4. The average Bonchev–Trinajstić information content (AvgIpc) is 3.05. The van der Waals surface area contributed by atoms with Crippen molar-refractivity contribution in [3.05, 3.63) is 95.6 Å². The van der Waals surface area contributed by atoms with Gasteiger partial charge in [0.25, 0.3) is 0 Å². The van der Waals surface area contributed by atoms with Crippen LogP contribution in [0.2, 0.25) is 0 Å². The van der Waals surface area contributed by atoms with Crippen LogP contribution in [0.25, 0.3) is 12.2 Å². The van der Waals surface area contributed by atoms with Crippen LogP contribution < -0.4 is 19.7 Å².